The lowest BCUT2D eigenvalue weighted by Gasteiger charge is -2.14. The lowest BCUT2D eigenvalue weighted by atomic mass is 10.3. The van der Waals surface area contributed by atoms with Gasteiger partial charge in [0.1, 0.15) is 0 Å². The maximum Gasteiger partial charge on any atom is 0.328 e. The molecule has 2 aromatic rings. The van der Waals surface area contributed by atoms with Crippen molar-refractivity contribution in [2.75, 3.05) is 7.05 Å². The van der Waals surface area contributed by atoms with Gasteiger partial charge >= 0.3 is 5.97 Å². The molecule has 7 nitrogen and oxygen atoms in total. The van der Waals surface area contributed by atoms with Crippen LogP contribution in [0.1, 0.15) is 10.4 Å². The van der Waals surface area contributed by atoms with Crippen molar-refractivity contribution in [3.8, 4) is 0 Å². The highest BCUT2D eigenvalue weighted by molar-refractivity contribution is 7.89. The lowest BCUT2D eigenvalue weighted by molar-refractivity contribution is -0.131. The van der Waals surface area contributed by atoms with Crippen molar-refractivity contribution in [2.45, 2.75) is 11.6 Å². The summed E-state index contributed by atoms with van der Waals surface area (Å²) in [5.41, 5.74) is 0.727. The van der Waals surface area contributed by atoms with E-state index in [1.807, 2.05) is 0 Å². The molecule has 0 aliphatic rings. The molecule has 0 radical (unpaired) electrons. The second-order valence-corrected chi connectivity index (χ2v) is 7.21. The first-order valence-electron chi connectivity index (χ1n) is 5.84. The topological polar surface area (TPSA) is 103 Å². The molecule has 0 spiro atoms. The molecule has 0 saturated heterocycles. The Morgan fingerprint density at radius 3 is 2.95 bits per heavy atom. The molecule has 0 aromatic carbocycles. The molecule has 2 heterocycles. The minimum atomic E-state index is -3.60. The van der Waals surface area contributed by atoms with E-state index >= 15 is 0 Å². The van der Waals surface area contributed by atoms with Crippen LogP contribution in [0.3, 0.4) is 0 Å². The third-order valence-corrected chi connectivity index (χ3v) is 5.31. The third-order valence-electron chi connectivity index (χ3n) is 2.63. The number of nitrogens with one attached hydrogen (secondary N) is 1. The van der Waals surface area contributed by atoms with E-state index in [1.165, 1.54) is 41.0 Å². The first-order chi connectivity index (χ1) is 9.89. The van der Waals surface area contributed by atoms with E-state index in [4.69, 9.17) is 5.11 Å². The quantitative estimate of drug-likeness (QED) is 0.780. The maximum absolute atomic E-state index is 12.2. The molecule has 112 valence electrons. The van der Waals surface area contributed by atoms with Gasteiger partial charge in [-0.1, -0.05) is 0 Å². The van der Waals surface area contributed by atoms with Crippen molar-refractivity contribution in [3.05, 3.63) is 40.2 Å². The van der Waals surface area contributed by atoms with Gasteiger partial charge in [-0.3, -0.25) is 5.10 Å². The Hall–Kier alpha value is -1.97. The van der Waals surface area contributed by atoms with Crippen LogP contribution in [0.5, 0.6) is 0 Å². The average Bonchev–Trinajstić information content (AvgIpc) is 3.07. The predicted octanol–water partition coefficient (Wildman–Crippen LogP) is 1.39. The Kier molecular flexibility index (Phi) is 4.56. The van der Waals surface area contributed by atoms with Crippen LogP contribution in [0.2, 0.25) is 0 Å². The van der Waals surface area contributed by atoms with Gasteiger partial charge in [0, 0.05) is 24.5 Å². The molecular weight excluding hydrogens is 314 g/mol. The fourth-order valence-electron chi connectivity index (χ4n) is 1.59. The molecule has 2 rings (SSSR count). The summed E-state index contributed by atoms with van der Waals surface area (Å²) in [5.74, 6) is -1.03. The standard InChI is InChI=1S/C12H13N3O4S2/c1-15(21(18,19)11-4-5-13-14-11)7-10-6-9(8-20-10)2-3-12(16)17/h2-6,8H,7H2,1H3,(H,13,14)(H,16,17)/b3-2+. The monoisotopic (exact) mass is 327 g/mol. The number of carboxylic acids is 1. The smallest absolute Gasteiger partial charge is 0.328 e. The number of aromatic amines is 1. The number of thiophene rings is 1. The van der Waals surface area contributed by atoms with Crippen LogP contribution >= 0.6 is 11.3 Å². The van der Waals surface area contributed by atoms with Gasteiger partial charge in [0.05, 0.1) is 6.20 Å². The highest BCUT2D eigenvalue weighted by Crippen LogP contribution is 2.20. The molecule has 0 fully saturated rings. The number of hydrogen-bond acceptors (Lipinski definition) is 5. The van der Waals surface area contributed by atoms with Gasteiger partial charge in [0.2, 0.25) is 0 Å². The van der Waals surface area contributed by atoms with Gasteiger partial charge in [-0.2, -0.15) is 9.40 Å². The van der Waals surface area contributed by atoms with Crippen molar-refractivity contribution in [2.24, 2.45) is 0 Å². The van der Waals surface area contributed by atoms with Gasteiger partial charge in [-0.05, 0) is 29.2 Å². The number of H-pyrrole nitrogens is 1. The summed E-state index contributed by atoms with van der Waals surface area (Å²) in [4.78, 5) is 11.3. The van der Waals surface area contributed by atoms with Gasteiger partial charge in [0.25, 0.3) is 10.0 Å². The summed E-state index contributed by atoms with van der Waals surface area (Å²) in [6.45, 7) is 0.201. The summed E-state index contributed by atoms with van der Waals surface area (Å²) in [6.07, 6.45) is 3.88. The average molecular weight is 327 g/mol. The van der Waals surface area contributed by atoms with Crippen LogP contribution in [0.25, 0.3) is 6.08 Å². The van der Waals surface area contributed by atoms with Crippen molar-refractivity contribution < 1.29 is 18.3 Å². The number of sulfonamides is 1. The summed E-state index contributed by atoms with van der Waals surface area (Å²) >= 11 is 1.37. The third kappa shape index (κ3) is 3.78. The first kappa shape index (κ1) is 15.4. The second kappa shape index (κ2) is 6.20. The molecule has 0 unspecified atom stereocenters. The van der Waals surface area contributed by atoms with E-state index in [0.717, 1.165) is 16.5 Å². The largest absolute Gasteiger partial charge is 0.478 e. The number of aromatic nitrogens is 2. The van der Waals surface area contributed by atoms with E-state index in [9.17, 15) is 13.2 Å². The normalized spacial score (nSPS) is 12.3. The van der Waals surface area contributed by atoms with Crippen LogP contribution in [-0.2, 0) is 21.4 Å². The zero-order valence-corrected chi connectivity index (χ0v) is 12.7. The van der Waals surface area contributed by atoms with Crippen LogP contribution in [-0.4, -0.2) is 41.0 Å². The van der Waals surface area contributed by atoms with Crippen LogP contribution in [0, 0.1) is 0 Å². The molecule has 0 atom stereocenters. The summed E-state index contributed by atoms with van der Waals surface area (Å²) < 4.78 is 25.6. The first-order valence-corrected chi connectivity index (χ1v) is 8.15. The van der Waals surface area contributed by atoms with Crippen molar-refractivity contribution >= 4 is 33.4 Å². The molecule has 0 saturated carbocycles. The Morgan fingerprint density at radius 2 is 2.33 bits per heavy atom. The number of carboxylic acid groups (broad SMARTS) is 1. The fourth-order valence-corrected chi connectivity index (χ4v) is 3.63. The van der Waals surface area contributed by atoms with Crippen LogP contribution < -0.4 is 0 Å². The highest BCUT2D eigenvalue weighted by Gasteiger charge is 2.22. The number of nitrogens with zero attached hydrogens (tertiary/aromatic N) is 2. The molecule has 0 amide bonds. The van der Waals surface area contributed by atoms with Gasteiger partial charge < -0.3 is 5.11 Å². The molecule has 0 aliphatic heterocycles. The predicted molar refractivity (Wildman–Crippen MR) is 78.2 cm³/mol. The van der Waals surface area contributed by atoms with E-state index in [0.29, 0.717) is 0 Å². The Morgan fingerprint density at radius 1 is 1.57 bits per heavy atom. The van der Waals surface area contributed by atoms with Gasteiger partial charge in [0.15, 0.2) is 5.03 Å². The maximum atomic E-state index is 12.2. The van der Waals surface area contributed by atoms with Crippen molar-refractivity contribution in [1.29, 1.82) is 0 Å². The summed E-state index contributed by atoms with van der Waals surface area (Å²) in [7, 11) is -2.13. The van der Waals surface area contributed by atoms with E-state index in [2.05, 4.69) is 10.2 Å². The molecule has 21 heavy (non-hydrogen) atoms. The Balaban J connectivity index is 2.10. The van der Waals surface area contributed by atoms with Gasteiger partial charge in [-0.25, -0.2) is 13.2 Å². The number of carbonyl (C=O) groups is 1. The SMILES string of the molecule is CN(Cc1cc(/C=C/C(=O)O)cs1)S(=O)(=O)c1ccn[nH]1. The van der Waals surface area contributed by atoms with E-state index < -0.39 is 16.0 Å². The molecule has 9 heteroatoms. The van der Waals surface area contributed by atoms with Crippen LogP contribution in [0.4, 0.5) is 0 Å². The lowest BCUT2D eigenvalue weighted by Crippen LogP contribution is -2.26. The van der Waals surface area contributed by atoms with E-state index in [-0.39, 0.29) is 11.6 Å². The van der Waals surface area contributed by atoms with Gasteiger partial charge in [-0.15, -0.1) is 11.3 Å². The summed E-state index contributed by atoms with van der Waals surface area (Å²) in [5, 5.41) is 16.4. The highest BCUT2D eigenvalue weighted by atomic mass is 32.2. The zero-order valence-electron chi connectivity index (χ0n) is 11.1. The van der Waals surface area contributed by atoms with E-state index in [1.54, 1.807) is 11.4 Å². The molecule has 2 N–H and O–H groups in total. The fraction of sp³-hybridized carbons (Fsp3) is 0.167. The Labute approximate surface area is 125 Å². The number of hydrogen-bond donors (Lipinski definition) is 2. The van der Waals surface area contributed by atoms with Crippen molar-refractivity contribution in [1.82, 2.24) is 14.5 Å². The molecule has 0 bridgehead atoms. The number of aliphatic carboxylic acids is 1. The zero-order chi connectivity index (χ0) is 15.5. The molecule has 0 aliphatic carbocycles. The second-order valence-electron chi connectivity index (χ2n) is 4.20. The molecule has 2 aromatic heterocycles. The Bertz CT molecular complexity index is 747. The molecular formula is C12H13N3O4S2. The minimum absolute atomic E-state index is 0.0348. The van der Waals surface area contributed by atoms with Crippen molar-refractivity contribution in [3.63, 3.8) is 0 Å². The minimum Gasteiger partial charge on any atom is -0.478 e. The van der Waals surface area contributed by atoms with Crippen LogP contribution in [0.15, 0.2) is 34.8 Å². The summed E-state index contributed by atoms with van der Waals surface area (Å²) in [6, 6.07) is 3.14. The number of rotatable bonds is 6.